The molecule has 0 saturated heterocycles. The Morgan fingerprint density at radius 1 is 0.758 bits per heavy atom. The molecule has 1 unspecified atom stereocenters. The highest BCUT2D eigenvalue weighted by molar-refractivity contribution is 5.84. The zero-order chi connectivity index (χ0) is 22.6. The normalized spacial score (nSPS) is 11.8. The predicted molar refractivity (Wildman–Crippen MR) is 126 cm³/mol. The van der Waals surface area contributed by atoms with Crippen molar-refractivity contribution in [2.45, 2.75) is 6.04 Å². The maximum Gasteiger partial charge on any atom is 0.248 e. The average molecular weight is 432 g/mol. The van der Waals surface area contributed by atoms with Crippen LogP contribution in [0.1, 0.15) is 11.7 Å². The van der Waals surface area contributed by atoms with Gasteiger partial charge in [-0.1, -0.05) is 71.9 Å². The van der Waals surface area contributed by atoms with Crippen LogP contribution in [0.25, 0.3) is 33.6 Å². The van der Waals surface area contributed by atoms with Crippen molar-refractivity contribution in [2.75, 3.05) is 0 Å². The summed E-state index contributed by atoms with van der Waals surface area (Å²) in [5.41, 5.74) is 11.4. The van der Waals surface area contributed by atoms with Gasteiger partial charge in [0.05, 0.1) is 11.4 Å². The number of hydrogen-bond donors (Lipinski definition) is 1. The molecule has 33 heavy (non-hydrogen) atoms. The number of amides is 1. The van der Waals surface area contributed by atoms with Crippen molar-refractivity contribution < 1.29 is 4.79 Å². The first-order chi connectivity index (χ1) is 16.2. The second kappa shape index (κ2) is 8.84. The van der Waals surface area contributed by atoms with Crippen molar-refractivity contribution in [3.8, 4) is 33.6 Å². The van der Waals surface area contributed by atoms with Crippen LogP contribution in [0.4, 0.5) is 0 Å². The number of pyridine rings is 2. The Hall–Kier alpha value is -4.65. The van der Waals surface area contributed by atoms with E-state index in [-0.39, 0.29) is 0 Å². The minimum absolute atomic E-state index is 0.491. The van der Waals surface area contributed by atoms with Crippen molar-refractivity contribution in [3.63, 3.8) is 0 Å². The molecule has 0 aliphatic carbocycles. The van der Waals surface area contributed by atoms with Gasteiger partial charge >= 0.3 is 0 Å². The molecule has 0 aliphatic heterocycles. The van der Waals surface area contributed by atoms with Crippen molar-refractivity contribution in [2.24, 2.45) is 5.73 Å². The minimum atomic E-state index is -0.923. The highest BCUT2D eigenvalue weighted by Crippen LogP contribution is 2.33. The lowest BCUT2D eigenvalue weighted by atomic mass is 10.0. The molecule has 3 aromatic heterocycles. The van der Waals surface area contributed by atoms with Crippen LogP contribution in [0.5, 0.6) is 0 Å². The molecule has 3 heterocycles. The summed E-state index contributed by atoms with van der Waals surface area (Å²) >= 11 is 0. The molecular weight excluding hydrogens is 412 g/mol. The van der Waals surface area contributed by atoms with Crippen molar-refractivity contribution >= 4 is 5.91 Å². The van der Waals surface area contributed by atoms with Crippen molar-refractivity contribution in [1.29, 1.82) is 0 Å². The maximum absolute atomic E-state index is 12.7. The summed E-state index contributed by atoms with van der Waals surface area (Å²) in [6.07, 6.45) is 5.13. The molecule has 1 amide bonds. The van der Waals surface area contributed by atoms with Gasteiger partial charge in [-0.25, -0.2) is 4.68 Å². The predicted octanol–water partition coefficient (Wildman–Crippen LogP) is 4.14. The Balaban J connectivity index is 1.63. The van der Waals surface area contributed by atoms with Gasteiger partial charge in [0.25, 0.3) is 0 Å². The number of hydrogen-bond acceptors (Lipinski definition) is 5. The van der Waals surface area contributed by atoms with E-state index >= 15 is 0 Å². The second-order valence-corrected chi connectivity index (χ2v) is 7.48. The van der Waals surface area contributed by atoms with Crippen LogP contribution in [-0.4, -0.2) is 30.9 Å². The molecular formula is C26H20N6O. The Morgan fingerprint density at radius 2 is 1.42 bits per heavy atom. The van der Waals surface area contributed by atoms with Gasteiger partial charge in [-0.15, -0.1) is 5.10 Å². The minimum Gasteiger partial charge on any atom is -0.367 e. The molecule has 160 valence electrons. The smallest absolute Gasteiger partial charge is 0.248 e. The molecule has 0 fully saturated rings. The number of rotatable bonds is 6. The number of benzene rings is 2. The van der Waals surface area contributed by atoms with E-state index in [0.717, 1.165) is 22.3 Å². The fourth-order valence-corrected chi connectivity index (χ4v) is 3.80. The Labute approximate surface area is 190 Å². The molecule has 0 saturated carbocycles. The standard InChI is InChI=1S/C26H20N6O/c27-26(33)25(22-12-11-21(17-29-22)18-7-3-1-4-8-18)32-24(20-9-5-2-6-10-20)23(30-31-32)19-13-15-28-16-14-19/h1-17,25H,(H2,27,33). The number of carbonyl (C=O) groups is 1. The molecule has 0 bridgehead atoms. The van der Waals surface area contributed by atoms with E-state index in [1.807, 2.05) is 78.9 Å². The third-order valence-corrected chi connectivity index (χ3v) is 5.38. The summed E-state index contributed by atoms with van der Waals surface area (Å²) in [6, 6.07) is 26.1. The van der Waals surface area contributed by atoms with E-state index in [0.29, 0.717) is 17.1 Å². The van der Waals surface area contributed by atoms with Gasteiger partial charge in [-0.2, -0.15) is 0 Å². The average Bonchev–Trinajstić information content (AvgIpc) is 3.30. The van der Waals surface area contributed by atoms with E-state index in [4.69, 9.17) is 5.73 Å². The zero-order valence-corrected chi connectivity index (χ0v) is 17.6. The van der Waals surface area contributed by atoms with Gasteiger partial charge in [0.1, 0.15) is 5.69 Å². The first-order valence-electron chi connectivity index (χ1n) is 10.4. The topological polar surface area (TPSA) is 99.6 Å². The highest BCUT2D eigenvalue weighted by Gasteiger charge is 2.28. The number of aromatic nitrogens is 5. The Kier molecular flexibility index (Phi) is 5.43. The molecule has 2 N–H and O–H groups in total. The molecule has 2 aromatic carbocycles. The van der Waals surface area contributed by atoms with Gasteiger partial charge in [-0.05, 0) is 23.8 Å². The second-order valence-electron chi connectivity index (χ2n) is 7.48. The van der Waals surface area contributed by atoms with Crippen LogP contribution in [-0.2, 0) is 4.79 Å². The maximum atomic E-state index is 12.7. The summed E-state index contributed by atoms with van der Waals surface area (Å²) in [5, 5.41) is 8.76. The molecule has 1 atom stereocenters. The van der Waals surface area contributed by atoms with Crippen LogP contribution in [0.3, 0.4) is 0 Å². The number of nitrogens with two attached hydrogens (primary N) is 1. The summed E-state index contributed by atoms with van der Waals surface area (Å²) in [5.74, 6) is -0.571. The van der Waals surface area contributed by atoms with Crippen LogP contribution >= 0.6 is 0 Å². The lowest BCUT2D eigenvalue weighted by Gasteiger charge is -2.17. The van der Waals surface area contributed by atoms with Crippen LogP contribution in [0, 0.1) is 0 Å². The summed E-state index contributed by atoms with van der Waals surface area (Å²) < 4.78 is 1.55. The highest BCUT2D eigenvalue weighted by atomic mass is 16.1. The molecule has 7 heteroatoms. The Bertz CT molecular complexity index is 1370. The monoisotopic (exact) mass is 432 g/mol. The van der Waals surface area contributed by atoms with E-state index < -0.39 is 11.9 Å². The molecule has 7 nitrogen and oxygen atoms in total. The number of nitrogens with zero attached hydrogens (tertiary/aromatic N) is 5. The van der Waals surface area contributed by atoms with Gasteiger partial charge in [-0.3, -0.25) is 14.8 Å². The van der Waals surface area contributed by atoms with Gasteiger partial charge in [0.2, 0.25) is 5.91 Å². The third-order valence-electron chi connectivity index (χ3n) is 5.38. The van der Waals surface area contributed by atoms with Gasteiger partial charge in [0, 0.05) is 35.3 Å². The quantitative estimate of drug-likeness (QED) is 0.435. The molecule has 5 rings (SSSR count). The van der Waals surface area contributed by atoms with Crippen molar-refractivity contribution in [1.82, 2.24) is 25.0 Å². The van der Waals surface area contributed by atoms with Gasteiger partial charge < -0.3 is 5.73 Å². The molecule has 0 radical (unpaired) electrons. The van der Waals surface area contributed by atoms with Crippen LogP contribution in [0.2, 0.25) is 0 Å². The van der Waals surface area contributed by atoms with E-state index in [9.17, 15) is 4.79 Å². The lowest BCUT2D eigenvalue weighted by molar-refractivity contribution is -0.120. The van der Waals surface area contributed by atoms with E-state index in [1.54, 1.807) is 29.3 Å². The summed E-state index contributed by atoms with van der Waals surface area (Å²) in [6.45, 7) is 0. The zero-order valence-electron chi connectivity index (χ0n) is 17.6. The fraction of sp³-hybridized carbons (Fsp3) is 0.0385. The third kappa shape index (κ3) is 3.99. The number of carbonyl (C=O) groups excluding carboxylic acids is 1. The molecule has 0 aliphatic rings. The van der Waals surface area contributed by atoms with E-state index in [2.05, 4.69) is 20.3 Å². The molecule has 5 aromatic rings. The largest absolute Gasteiger partial charge is 0.367 e. The Morgan fingerprint density at radius 3 is 2.03 bits per heavy atom. The first kappa shape index (κ1) is 20.3. The first-order valence-corrected chi connectivity index (χ1v) is 10.4. The van der Waals surface area contributed by atoms with Crippen molar-refractivity contribution in [3.05, 3.63) is 109 Å². The molecule has 0 spiro atoms. The lowest BCUT2D eigenvalue weighted by Crippen LogP contribution is -2.29. The van der Waals surface area contributed by atoms with Crippen LogP contribution in [0.15, 0.2) is 104 Å². The number of primary amides is 1. The summed E-state index contributed by atoms with van der Waals surface area (Å²) in [7, 11) is 0. The van der Waals surface area contributed by atoms with E-state index in [1.165, 1.54) is 0 Å². The SMILES string of the molecule is NC(=O)C(c1ccc(-c2ccccc2)cn1)n1nnc(-c2ccncc2)c1-c1ccccc1. The van der Waals surface area contributed by atoms with Gasteiger partial charge in [0.15, 0.2) is 6.04 Å². The van der Waals surface area contributed by atoms with Crippen LogP contribution < -0.4 is 5.73 Å². The summed E-state index contributed by atoms with van der Waals surface area (Å²) in [4.78, 5) is 21.3. The fourth-order valence-electron chi connectivity index (χ4n) is 3.80.